The second kappa shape index (κ2) is 8.82. The zero-order chi connectivity index (χ0) is 16.7. The van der Waals surface area contributed by atoms with Crippen molar-refractivity contribution >= 4 is 11.7 Å². The van der Waals surface area contributed by atoms with Gasteiger partial charge >= 0.3 is 6.03 Å². The average Bonchev–Trinajstić information content (AvgIpc) is 2.49. The number of carbonyl (C=O) groups excluding carboxylic acids is 1. The second-order valence-corrected chi connectivity index (χ2v) is 6.39. The van der Waals surface area contributed by atoms with Crippen molar-refractivity contribution < 1.29 is 4.79 Å². The van der Waals surface area contributed by atoms with Gasteiger partial charge in [-0.2, -0.15) is 0 Å². The summed E-state index contributed by atoms with van der Waals surface area (Å²) < 4.78 is 0. The normalized spacial score (nSPS) is 12.1. The molecule has 1 atom stereocenters. The Morgan fingerprint density at radius 1 is 1.09 bits per heavy atom. The molecule has 22 heavy (non-hydrogen) atoms. The zero-order valence-electron chi connectivity index (χ0n) is 15.1. The van der Waals surface area contributed by atoms with Crippen LogP contribution in [0.5, 0.6) is 0 Å². The Bertz CT molecular complexity index is 509. The number of benzene rings is 1. The van der Waals surface area contributed by atoms with E-state index < -0.39 is 0 Å². The van der Waals surface area contributed by atoms with Gasteiger partial charge in [-0.05, 0) is 62.3 Å². The van der Waals surface area contributed by atoms with E-state index >= 15 is 0 Å². The van der Waals surface area contributed by atoms with Gasteiger partial charge < -0.3 is 10.6 Å². The maximum Gasteiger partial charge on any atom is 0.319 e. The van der Waals surface area contributed by atoms with Crippen molar-refractivity contribution in [1.29, 1.82) is 0 Å². The molecule has 0 fully saturated rings. The van der Waals surface area contributed by atoms with E-state index in [2.05, 4.69) is 51.3 Å². The average molecular weight is 304 g/mol. The van der Waals surface area contributed by atoms with Crippen LogP contribution in [-0.4, -0.2) is 12.6 Å². The molecule has 0 bridgehead atoms. The first-order chi connectivity index (χ1) is 10.4. The van der Waals surface area contributed by atoms with E-state index in [0.29, 0.717) is 5.92 Å². The Morgan fingerprint density at radius 2 is 1.77 bits per heavy atom. The van der Waals surface area contributed by atoms with Crippen molar-refractivity contribution in [3.63, 3.8) is 0 Å². The van der Waals surface area contributed by atoms with E-state index in [4.69, 9.17) is 0 Å². The Labute approximate surface area is 135 Å². The first-order valence-corrected chi connectivity index (χ1v) is 8.52. The summed E-state index contributed by atoms with van der Waals surface area (Å²) in [4.78, 5) is 12.2. The second-order valence-electron chi connectivity index (χ2n) is 6.39. The number of hydrogen-bond acceptors (Lipinski definition) is 1. The number of anilines is 1. The molecule has 0 aromatic heterocycles. The van der Waals surface area contributed by atoms with Crippen LogP contribution in [0.15, 0.2) is 6.07 Å². The van der Waals surface area contributed by atoms with Crippen molar-refractivity contribution in [2.45, 2.75) is 67.2 Å². The highest BCUT2D eigenvalue weighted by Gasteiger charge is 2.12. The van der Waals surface area contributed by atoms with Gasteiger partial charge in [0.05, 0.1) is 0 Å². The summed E-state index contributed by atoms with van der Waals surface area (Å²) in [6.07, 6.45) is 4.75. The van der Waals surface area contributed by atoms with E-state index in [0.717, 1.165) is 29.8 Å². The first-order valence-electron chi connectivity index (χ1n) is 8.52. The number of rotatable bonds is 7. The summed E-state index contributed by atoms with van der Waals surface area (Å²) in [6.45, 7) is 13.5. The lowest BCUT2D eigenvalue weighted by molar-refractivity contribution is 0.249. The predicted octanol–water partition coefficient (Wildman–Crippen LogP) is 5.26. The summed E-state index contributed by atoms with van der Waals surface area (Å²) in [5, 5.41) is 6.06. The maximum absolute atomic E-state index is 12.2. The van der Waals surface area contributed by atoms with E-state index in [1.165, 1.54) is 30.4 Å². The van der Waals surface area contributed by atoms with Crippen LogP contribution in [0.1, 0.15) is 61.8 Å². The fourth-order valence-corrected chi connectivity index (χ4v) is 2.81. The lowest BCUT2D eigenvalue weighted by Crippen LogP contribution is -2.33. The standard InChI is InChI=1S/C19H32N2O/c1-7-9-10-17(8-2)12-20-19(22)21-18-14(4)11-13(3)15(5)16(18)6/h11,17H,7-10,12H2,1-6H3,(H2,20,21,22). The lowest BCUT2D eigenvalue weighted by Gasteiger charge is -2.18. The first kappa shape index (κ1) is 18.5. The van der Waals surface area contributed by atoms with Crippen LogP contribution in [0.4, 0.5) is 10.5 Å². The number of hydrogen-bond donors (Lipinski definition) is 2. The molecule has 1 aromatic rings. The third-order valence-corrected chi connectivity index (χ3v) is 4.69. The van der Waals surface area contributed by atoms with Crippen LogP contribution in [0.3, 0.4) is 0 Å². The fourth-order valence-electron chi connectivity index (χ4n) is 2.81. The van der Waals surface area contributed by atoms with Crippen molar-refractivity contribution in [3.05, 3.63) is 28.3 Å². The van der Waals surface area contributed by atoms with Crippen molar-refractivity contribution in [3.8, 4) is 0 Å². The Balaban J connectivity index is 2.64. The van der Waals surface area contributed by atoms with Crippen LogP contribution < -0.4 is 10.6 Å². The molecule has 0 radical (unpaired) electrons. The molecule has 2 N–H and O–H groups in total. The highest BCUT2D eigenvalue weighted by molar-refractivity contribution is 5.91. The van der Waals surface area contributed by atoms with Crippen molar-refractivity contribution in [2.24, 2.45) is 5.92 Å². The summed E-state index contributed by atoms with van der Waals surface area (Å²) in [6, 6.07) is 2.04. The van der Waals surface area contributed by atoms with Crippen LogP contribution in [0.2, 0.25) is 0 Å². The van der Waals surface area contributed by atoms with Gasteiger partial charge in [-0.15, -0.1) is 0 Å². The Morgan fingerprint density at radius 3 is 2.36 bits per heavy atom. The number of unbranched alkanes of at least 4 members (excludes halogenated alkanes) is 1. The highest BCUT2D eigenvalue weighted by atomic mass is 16.2. The van der Waals surface area contributed by atoms with Crippen LogP contribution in [0.25, 0.3) is 0 Å². The van der Waals surface area contributed by atoms with Crippen LogP contribution >= 0.6 is 0 Å². The van der Waals surface area contributed by atoms with Gasteiger partial charge in [-0.3, -0.25) is 0 Å². The molecule has 2 amide bonds. The topological polar surface area (TPSA) is 41.1 Å². The molecule has 0 aliphatic rings. The van der Waals surface area contributed by atoms with E-state index in [1.807, 2.05) is 6.92 Å². The minimum absolute atomic E-state index is 0.0931. The van der Waals surface area contributed by atoms with Gasteiger partial charge in [0, 0.05) is 12.2 Å². The highest BCUT2D eigenvalue weighted by Crippen LogP contribution is 2.26. The molecule has 3 heteroatoms. The van der Waals surface area contributed by atoms with Gasteiger partial charge in [0.2, 0.25) is 0 Å². The molecular formula is C19H32N2O. The van der Waals surface area contributed by atoms with Gasteiger partial charge in [0.1, 0.15) is 0 Å². The largest absolute Gasteiger partial charge is 0.338 e. The molecule has 0 aliphatic carbocycles. The number of urea groups is 1. The predicted molar refractivity (Wildman–Crippen MR) is 95.7 cm³/mol. The zero-order valence-corrected chi connectivity index (χ0v) is 15.1. The molecule has 0 heterocycles. The maximum atomic E-state index is 12.2. The summed E-state index contributed by atoms with van der Waals surface area (Å²) in [7, 11) is 0. The third-order valence-electron chi connectivity index (χ3n) is 4.69. The van der Waals surface area contributed by atoms with Crippen molar-refractivity contribution in [2.75, 3.05) is 11.9 Å². The molecular weight excluding hydrogens is 272 g/mol. The molecule has 0 saturated heterocycles. The Kier molecular flexibility index (Phi) is 7.43. The molecule has 0 aliphatic heterocycles. The minimum Gasteiger partial charge on any atom is -0.338 e. The fraction of sp³-hybridized carbons (Fsp3) is 0.632. The monoisotopic (exact) mass is 304 g/mol. The number of amides is 2. The summed E-state index contributed by atoms with van der Waals surface area (Å²) in [5.41, 5.74) is 5.74. The summed E-state index contributed by atoms with van der Waals surface area (Å²) in [5.74, 6) is 0.577. The smallest absolute Gasteiger partial charge is 0.319 e. The van der Waals surface area contributed by atoms with E-state index in [1.54, 1.807) is 0 Å². The number of carbonyl (C=O) groups is 1. The molecule has 1 aromatic carbocycles. The molecule has 1 unspecified atom stereocenters. The van der Waals surface area contributed by atoms with Gasteiger partial charge in [0.25, 0.3) is 0 Å². The lowest BCUT2D eigenvalue weighted by atomic mass is 9.98. The quantitative estimate of drug-likeness (QED) is 0.709. The number of aryl methyl sites for hydroxylation is 2. The minimum atomic E-state index is -0.0931. The van der Waals surface area contributed by atoms with Crippen LogP contribution in [-0.2, 0) is 0 Å². The van der Waals surface area contributed by atoms with Crippen molar-refractivity contribution in [1.82, 2.24) is 5.32 Å². The number of nitrogens with one attached hydrogen (secondary N) is 2. The molecule has 0 saturated carbocycles. The van der Waals surface area contributed by atoms with Gasteiger partial charge in [0.15, 0.2) is 0 Å². The molecule has 0 spiro atoms. The van der Waals surface area contributed by atoms with Gasteiger partial charge in [-0.25, -0.2) is 4.79 Å². The molecule has 3 nitrogen and oxygen atoms in total. The SMILES string of the molecule is CCCCC(CC)CNC(=O)Nc1c(C)cc(C)c(C)c1C. The molecule has 124 valence electrons. The summed E-state index contributed by atoms with van der Waals surface area (Å²) >= 11 is 0. The Hall–Kier alpha value is -1.51. The molecule has 1 rings (SSSR count). The van der Waals surface area contributed by atoms with Gasteiger partial charge in [-0.1, -0.05) is 39.2 Å². The van der Waals surface area contributed by atoms with E-state index in [-0.39, 0.29) is 6.03 Å². The van der Waals surface area contributed by atoms with E-state index in [9.17, 15) is 4.79 Å². The third kappa shape index (κ3) is 5.04. The van der Waals surface area contributed by atoms with Crippen LogP contribution in [0, 0.1) is 33.6 Å².